The molecule has 20 heavy (non-hydrogen) atoms. The molecule has 0 heterocycles. The first-order valence-electron chi connectivity index (χ1n) is 6.52. The quantitative estimate of drug-likeness (QED) is 0.317. The van der Waals surface area contributed by atoms with Gasteiger partial charge in [0, 0.05) is 37.8 Å². The van der Waals surface area contributed by atoms with Gasteiger partial charge in [0.05, 0.1) is 0 Å². The number of nitrogens with zero attached hydrogens (tertiary/aromatic N) is 2. The minimum atomic E-state index is -0.159. The van der Waals surface area contributed by atoms with E-state index in [4.69, 9.17) is 10.9 Å². The van der Waals surface area contributed by atoms with Crippen molar-refractivity contribution in [3.63, 3.8) is 0 Å². The molecule has 1 aromatic carbocycles. The molecule has 0 radical (unpaired) electrons. The van der Waals surface area contributed by atoms with E-state index in [0.717, 1.165) is 5.69 Å². The number of amidine groups is 1. The summed E-state index contributed by atoms with van der Waals surface area (Å²) in [7, 11) is 3.89. The maximum absolute atomic E-state index is 12.1. The van der Waals surface area contributed by atoms with Crippen LogP contribution in [-0.2, 0) is 0 Å². The molecule has 0 aliphatic heterocycles. The highest BCUT2D eigenvalue weighted by Gasteiger charge is 2.13. The summed E-state index contributed by atoms with van der Waals surface area (Å²) in [6.07, 6.45) is 1.03. The highest BCUT2D eigenvalue weighted by molar-refractivity contribution is 5.95. The zero-order valence-electron chi connectivity index (χ0n) is 12.1. The third-order valence-electron chi connectivity index (χ3n) is 3.06. The number of benzene rings is 1. The van der Waals surface area contributed by atoms with Gasteiger partial charge in [-0.25, -0.2) is 0 Å². The molecule has 0 fully saturated rings. The summed E-state index contributed by atoms with van der Waals surface area (Å²) >= 11 is 0. The Bertz CT molecular complexity index is 469. The number of oxime groups is 1. The Morgan fingerprint density at radius 2 is 2.00 bits per heavy atom. The predicted molar refractivity (Wildman–Crippen MR) is 80.3 cm³/mol. The normalized spacial score (nSPS) is 12.8. The van der Waals surface area contributed by atoms with Crippen molar-refractivity contribution in [3.8, 4) is 0 Å². The Morgan fingerprint density at radius 1 is 1.40 bits per heavy atom. The summed E-state index contributed by atoms with van der Waals surface area (Å²) in [6, 6.07) is 7.19. The molecule has 1 aromatic rings. The van der Waals surface area contributed by atoms with Crippen LogP contribution in [0.1, 0.15) is 30.1 Å². The Morgan fingerprint density at radius 3 is 2.45 bits per heavy atom. The monoisotopic (exact) mass is 278 g/mol. The maximum atomic E-state index is 12.1. The number of amides is 1. The topological polar surface area (TPSA) is 91.0 Å². The average Bonchev–Trinajstić information content (AvgIpc) is 2.46. The van der Waals surface area contributed by atoms with E-state index >= 15 is 0 Å². The van der Waals surface area contributed by atoms with Crippen LogP contribution in [-0.4, -0.2) is 37.1 Å². The van der Waals surface area contributed by atoms with Gasteiger partial charge in [0.1, 0.15) is 5.84 Å². The molecule has 1 rings (SSSR count). The SMILES string of the molecule is CCC(CC(N)=NO)NC(=O)c1ccc(N(C)C)cc1. The summed E-state index contributed by atoms with van der Waals surface area (Å²) in [5, 5.41) is 14.4. The van der Waals surface area contributed by atoms with E-state index in [2.05, 4.69) is 10.5 Å². The molecular weight excluding hydrogens is 256 g/mol. The van der Waals surface area contributed by atoms with Gasteiger partial charge in [-0.3, -0.25) is 4.79 Å². The van der Waals surface area contributed by atoms with Crippen LogP contribution in [0.4, 0.5) is 5.69 Å². The molecular formula is C14H22N4O2. The van der Waals surface area contributed by atoms with Crippen molar-refractivity contribution in [2.75, 3.05) is 19.0 Å². The molecule has 0 aliphatic carbocycles. The van der Waals surface area contributed by atoms with Gasteiger partial charge in [-0.1, -0.05) is 12.1 Å². The molecule has 1 unspecified atom stereocenters. The van der Waals surface area contributed by atoms with E-state index in [0.29, 0.717) is 18.4 Å². The molecule has 0 aromatic heterocycles. The van der Waals surface area contributed by atoms with Crippen LogP contribution in [0.25, 0.3) is 0 Å². The van der Waals surface area contributed by atoms with Crippen LogP contribution < -0.4 is 16.0 Å². The Kier molecular flexibility index (Phi) is 5.83. The average molecular weight is 278 g/mol. The van der Waals surface area contributed by atoms with Gasteiger partial charge in [0.2, 0.25) is 0 Å². The number of nitrogens with two attached hydrogens (primary N) is 1. The van der Waals surface area contributed by atoms with E-state index in [1.807, 2.05) is 38.1 Å². The zero-order chi connectivity index (χ0) is 15.1. The molecule has 110 valence electrons. The number of nitrogens with one attached hydrogen (secondary N) is 1. The Hall–Kier alpha value is -2.24. The van der Waals surface area contributed by atoms with Crippen molar-refractivity contribution >= 4 is 17.4 Å². The minimum absolute atomic E-state index is 0.111. The molecule has 1 atom stereocenters. The smallest absolute Gasteiger partial charge is 0.251 e. The third kappa shape index (κ3) is 4.46. The number of rotatable bonds is 6. The maximum Gasteiger partial charge on any atom is 0.251 e. The van der Waals surface area contributed by atoms with Gasteiger partial charge in [-0.2, -0.15) is 0 Å². The molecule has 0 saturated heterocycles. The standard InChI is InChI=1S/C14H22N4O2/c1-4-11(9-13(15)17-20)16-14(19)10-5-7-12(8-6-10)18(2)3/h5-8,11,20H,4,9H2,1-3H3,(H2,15,17)(H,16,19). The first-order valence-corrected chi connectivity index (χ1v) is 6.52. The lowest BCUT2D eigenvalue weighted by Crippen LogP contribution is -2.37. The van der Waals surface area contributed by atoms with E-state index in [-0.39, 0.29) is 17.8 Å². The largest absolute Gasteiger partial charge is 0.409 e. The van der Waals surface area contributed by atoms with Gasteiger partial charge in [-0.05, 0) is 30.7 Å². The third-order valence-corrected chi connectivity index (χ3v) is 3.06. The fourth-order valence-corrected chi connectivity index (χ4v) is 1.77. The molecule has 0 aliphatic rings. The van der Waals surface area contributed by atoms with Crippen LogP contribution in [0.3, 0.4) is 0 Å². The van der Waals surface area contributed by atoms with Crippen molar-refractivity contribution < 1.29 is 10.0 Å². The minimum Gasteiger partial charge on any atom is -0.409 e. The first kappa shape index (κ1) is 15.8. The second kappa shape index (κ2) is 7.37. The van der Waals surface area contributed by atoms with E-state index in [1.165, 1.54) is 0 Å². The molecule has 0 bridgehead atoms. The molecule has 6 heteroatoms. The van der Waals surface area contributed by atoms with Crippen molar-refractivity contribution in [1.82, 2.24) is 5.32 Å². The second-order valence-corrected chi connectivity index (χ2v) is 4.82. The van der Waals surface area contributed by atoms with Crippen LogP contribution >= 0.6 is 0 Å². The van der Waals surface area contributed by atoms with Crippen LogP contribution in [0.15, 0.2) is 29.4 Å². The predicted octanol–water partition coefficient (Wildman–Crippen LogP) is 1.40. The number of carbonyl (C=O) groups is 1. The number of anilines is 1. The van der Waals surface area contributed by atoms with Crippen molar-refractivity contribution in [2.45, 2.75) is 25.8 Å². The Balaban J connectivity index is 2.69. The molecule has 4 N–H and O–H groups in total. The summed E-state index contributed by atoms with van der Waals surface area (Å²) in [5.41, 5.74) is 7.08. The van der Waals surface area contributed by atoms with E-state index < -0.39 is 0 Å². The zero-order valence-corrected chi connectivity index (χ0v) is 12.1. The fraction of sp³-hybridized carbons (Fsp3) is 0.429. The van der Waals surface area contributed by atoms with Crippen LogP contribution in [0.2, 0.25) is 0 Å². The lowest BCUT2D eigenvalue weighted by atomic mass is 10.1. The summed E-state index contributed by atoms with van der Waals surface area (Å²) in [6.45, 7) is 1.94. The van der Waals surface area contributed by atoms with Gasteiger partial charge in [-0.15, -0.1) is 0 Å². The van der Waals surface area contributed by atoms with Gasteiger partial charge < -0.3 is 21.2 Å². The number of hydrogen-bond acceptors (Lipinski definition) is 4. The van der Waals surface area contributed by atoms with Gasteiger partial charge >= 0.3 is 0 Å². The Labute approximate surface area is 119 Å². The molecule has 0 spiro atoms. The fourth-order valence-electron chi connectivity index (χ4n) is 1.77. The lowest BCUT2D eigenvalue weighted by Gasteiger charge is -2.17. The highest BCUT2D eigenvalue weighted by Crippen LogP contribution is 2.12. The second-order valence-electron chi connectivity index (χ2n) is 4.82. The summed E-state index contributed by atoms with van der Waals surface area (Å²) in [4.78, 5) is 14.1. The molecule has 1 amide bonds. The van der Waals surface area contributed by atoms with Crippen LogP contribution in [0.5, 0.6) is 0 Å². The number of carbonyl (C=O) groups excluding carboxylic acids is 1. The van der Waals surface area contributed by atoms with E-state index in [1.54, 1.807) is 12.1 Å². The van der Waals surface area contributed by atoms with Crippen LogP contribution in [0, 0.1) is 0 Å². The van der Waals surface area contributed by atoms with Crippen molar-refractivity contribution in [1.29, 1.82) is 0 Å². The number of hydrogen-bond donors (Lipinski definition) is 3. The highest BCUT2D eigenvalue weighted by atomic mass is 16.4. The lowest BCUT2D eigenvalue weighted by molar-refractivity contribution is 0.0937. The van der Waals surface area contributed by atoms with Crippen molar-refractivity contribution in [2.24, 2.45) is 10.9 Å². The van der Waals surface area contributed by atoms with E-state index in [9.17, 15) is 4.79 Å². The molecule has 0 saturated carbocycles. The van der Waals surface area contributed by atoms with Gasteiger partial charge in [0.25, 0.3) is 5.91 Å². The summed E-state index contributed by atoms with van der Waals surface area (Å²) in [5.74, 6) is -0.0481. The first-order chi connectivity index (χ1) is 9.47. The molecule has 6 nitrogen and oxygen atoms in total. The van der Waals surface area contributed by atoms with Gasteiger partial charge in [0.15, 0.2) is 0 Å². The summed E-state index contributed by atoms with van der Waals surface area (Å²) < 4.78 is 0. The van der Waals surface area contributed by atoms with Crippen molar-refractivity contribution in [3.05, 3.63) is 29.8 Å².